The van der Waals surface area contributed by atoms with E-state index in [9.17, 15) is 0 Å². The van der Waals surface area contributed by atoms with Crippen LogP contribution in [-0.2, 0) is 0 Å². The lowest BCUT2D eigenvalue weighted by Crippen LogP contribution is -1.95. The summed E-state index contributed by atoms with van der Waals surface area (Å²) in [6, 6.07) is 78.5. The third-order valence-electron chi connectivity index (χ3n) is 14.0. The van der Waals surface area contributed by atoms with E-state index in [0.717, 1.165) is 21.5 Å². The maximum atomic E-state index is 7.73. The molecular weight excluding hydrogens is 780 g/mol. The first kappa shape index (κ1) is 34.9. The number of halogens is 1. The average Bonchev–Trinajstić information content (AvgIpc) is 3.67. The molecule has 290 valence electrons. The van der Waals surface area contributed by atoms with Gasteiger partial charge in [0.2, 0.25) is 0 Å². The Morgan fingerprint density at radius 2 is 0.651 bits per heavy atom. The highest BCUT2D eigenvalue weighted by Crippen LogP contribution is 2.59. The minimum atomic E-state index is 0.740. The molecule has 0 saturated carbocycles. The van der Waals surface area contributed by atoms with Gasteiger partial charge in [-0.05, 0) is 149 Å². The zero-order valence-corrected chi connectivity index (χ0v) is 34.8. The van der Waals surface area contributed by atoms with Crippen molar-refractivity contribution in [2.45, 2.75) is 0 Å². The predicted molar refractivity (Wildman–Crippen MR) is 271 cm³/mol. The molecule has 14 rings (SSSR count). The first-order valence-corrected chi connectivity index (χ1v) is 22.2. The third kappa shape index (κ3) is 4.82. The van der Waals surface area contributed by atoms with Crippen LogP contribution in [0.25, 0.3) is 142 Å². The Morgan fingerprint density at radius 1 is 0.222 bits per heavy atom. The summed E-state index contributed by atoms with van der Waals surface area (Å²) in [4.78, 5) is 0. The van der Waals surface area contributed by atoms with Crippen molar-refractivity contribution in [2.24, 2.45) is 0 Å². The number of hydrogen-bond acceptors (Lipinski definition) is 0. The Bertz CT molecular complexity index is 4010. The zero-order chi connectivity index (χ0) is 41.3. The molecule has 0 nitrogen and oxygen atoms in total. The molecule has 63 heavy (non-hydrogen) atoms. The fraction of sp³-hybridized carbons (Fsp3) is 0. The minimum Gasteiger partial charge on any atom is -0.0836 e. The van der Waals surface area contributed by atoms with E-state index in [2.05, 4.69) is 212 Å². The molecule has 0 unspecified atom stereocenters. The molecule has 0 aliphatic heterocycles. The van der Waals surface area contributed by atoms with Crippen molar-refractivity contribution in [2.75, 3.05) is 0 Å². The van der Waals surface area contributed by atoms with Gasteiger partial charge in [-0.1, -0.05) is 212 Å². The SMILES string of the molecule is Clc1cc2c(-c3ccccc3)c3c(c(-c4ccccc4)c2cc1-c1ccc2c4cccc5cccc(c6cccc1c62)c54)-c1ccc(-c2cccc4ccccc24)c2cccc-3c12. The molecule has 0 fully saturated rings. The molecule has 13 aromatic carbocycles. The predicted octanol–water partition coefficient (Wildman–Crippen LogP) is 18.2. The molecular formula is C62H35Cl. The molecule has 0 N–H and O–H groups in total. The molecule has 1 aliphatic carbocycles. The Morgan fingerprint density at radius 3 is 1.38 bits per heavy atom. The molecule has 13 aromatic rings. The molecule has 0 aromatic heterocycles. The summed E-state index contributed by atoms with van der Waals surface area (Å²) in [6.45, 7) is 0. The minimum absolute atomic E-state index is 0.740. The van der Waals surface area contributed by atoms with Gasteiger partial charge in [0.25, 0.3) is 0 Å². The number of rotatable bonds is 4. The van der Waals surface area contributed by atoms with Crippen LogP contribution < -0.4 is 0 Å². The second-order valence-corrected chi connectivity index (χ2v) is 17.5. The Balaban J connectivity index is 1.11. The van der Waals surface area contributed by atoms with Gasteiger partial charge in [-0.15, -0.1) is 0 Å². The highest BCUT2D eigenvalue weighted by atomic mass is 35.5. The number of fused-ring (bicyclic) bond motifs is 7. The first-order valence-electron chi connectivity index (χ1n) is 21.8. The quantitative estimate of drug-likeness (QED) is 0.123. The molecule has 0 spiro atoms. The highest BCUT2D eigenvalue weighted by molar-refractivity contribution is 6.38. The van der Waals surface area contributed by atoms with Crippen molar-refractivity contribution in [3.63, 3.8) is 0 Å². The van der Waals surface area contributed by atoms with Gasteiger partial charge in [0, 0.05) is 10.6 Å². The summed E-state index contributed by atoms with van der Waals surface area (Å²) in [6.07, 6.45) is 0. The maximum absolute atomic E-state index is 7.73. The summed E-state index contributed by atoms with van der Waals surface area (Å²) >= 11 is 7.73. The van der Waals surface area contributed by atoms with Gasteiger partial charge in [0.1, 0.15) is 0 Å². The summed E-state index contributed by atoms with van der Waals surface area (Å²) in [7, 11) is 0. The molecule has 0 atom stereocenters. The Kier molecular flexibility index (Phi) is 7.26. The second kappa shape index (κ2) is 13.1. The standard InChI is InChI=1S/C62H35Cl/c63-55-35-54-53(34-52(55)43-30-32-49-47-25-11-21-37-20-10-24-46(56(37)47)48-28-12-26-45(43)59(48)49)57(38-15-3-1-4-16-38)62-51-33-31-42(41-23-9-19-36-14-7-8-22-40(36)41)44-27-13-29-50(60(44)51)61(62)58(54)39-17-5-2-6-18-39/h1-35H. The van der Waals surface area contributed by atoms with Gasteiger partial charge >= 0.3 is 0 Å². The Labute approximate surface area is 369 Å². The molecule has 1 aliphatic rings. The van der Waals surface area contributed by atoms with Crippen molar-refractivity contribution in [3.8, 4) is 66.8 Å². The van der Waals surface area contributed by atoms with Crippen LogP contribution in [-0.4, -0.2) is 0 Å². The largest absolute Gasteiger partial charge is 0.0836 e. The van der Waals surface area contributed by atoms with Crippen molar-refractivity contribution in [1.29, 1.82) is 0 Å². The van der Waals surface area contributed by atoms with E-state index in [1.165, 1.54) is 126 Å². The van der Waals surface area contributed by atoms with E-state index < -0.39 is 0 Å². The molecule has 0 amide bonds. The lowest BCUT2D eigenvalue weighted by Gasteiger charge is -2.22. The average molecular weight is 815 g/mol. The van der Waals surface area contributed by atoms with Crippen LogP contribution in [0.5, 0.6) is 0 Å². The van der Waals surface area contributed by atoms with Crippen LogP contribution in [0.15, 0.2) is 212 Å². The molecule has 1 heteroatoms. The molecule has 0 bridgehead atoms. The first-order chi connectivity index (χ1) is 31.2. The van der Waals surface area contributed by atoms with Gasteiger partial charge in [-0.25, -0.2) is 0 Å². The smallest absolute Gasteiger partial charge is 0.0491 e. The van der Waals surface area contributed by atoms with Crippen LogP contribution in [0.4, 0.5) is 0 Å². The lowest BCUT2D eigenvalue weighted by atomic mass is 9.81. The topological polar surface area (TPSA) is 0 Å². The summed E-state index contributed by atoms with van der Waals surface area (Å²) < 4.78 is 0. The van der Waals surface area contributed by atoms with E-state index in [1.54, 1.807) is 0 Å². The van der Waals surface area contributed by atoms with Gasteiger partial charge in [-0.2, -0.15) is 0 Å². The third-order valence-corrected chi connectivity index (χ3v) is 14.3. The van der Waals surface area contributed by atoms with Crippen molar-refractivity contribution < 1.29 is 0 Å². The van der Waals surface area contributed by atoms with Gasteiger partial charge in [0.15, 0.2) is 0 Å². The van der Waals surface area contributed by atoms with E-state index in [1.807, 2.05) is 0 Å². The maximum Gasteiger partial charge on any atom is 0.0491 e. The monoisotopic (exact) mass is 814 g/mol. The van der Waals surface area contributed by atoms with E-state index in [4.69, 9.17) is 11.6 Å². The fourth-order valence-corrected chi connectivity index (χ4v) is 11.7. The lowest BCUT2D eigenvalue weighted by molar-refractivity contribution is 1.62. The summed E-state index contributed by atoms with van der Waals surface area (Å²) in [5.41, 5.74) is 14.6. The van der Waals surface area contributed by atoms with E-state index in [0.29, 0.717) is 0 Å². The second-order valence-electron chi connectivity index (χ2n) is 17.1. The fourth-order valence-electron chi connectivity index (χ4n) is 11.5. The van der Waals surface area contributed by atoms with Gasteiger partial charge in [0.05, 0.1) is 0 Å². The van der Waals surface area contributed by atoms with Gasteiger partial charge in [-0.3, -0.25) is 0 Å². The van der Waals surface area contributed by atoms with Crippen LogP contribution in [0.2, 0.25) is 5.02 Å². The van der Waals surface area contributed by atoms with E-state index >= 15 is 0 Å². The van der Waals surface area contributed by atoms with Gasteiger partial charge < -0.3 is 0 Å². The van der Waals surface area contributed by atoms with Crippen molar-refractivity contribution in [3.05, 3.63) is 217 Å². The highest BCUT2D eigenvalue weighted by Gasteiger charge is 2.32. The molecule has 0 saturated heterocycles. The zero-order valence-electron chi connectivity index (χ0n) is 34.1. The number of hydrogen-bond donors (Lipinski definition) is 0. The Hall–Kier alpha value is -7.77. The van der Waals surface area contributed by atoms with Crippen LogP contribution in [0, 0.1) is 0 Å². The van der Waals surface area contributed by atoms with Crippen LogP contribution >= 0.6 is 11.6 Å². The van der Waals surface area contributed by atoms with Crippen LogP contribution in [0.1, 0.15) is 0 Å². The van der Waals surface area contributed by atoms with Crippen molar-refractivity contribution >= 4 is 87.0 Å². The molecule has 0 heterocycles. The normalized spacial score (nSPS) is 12.2. The summed E-state index contributed by atoms with van der Waals surface area (Å²) in [5.74, 6) is 0. The number of benzene rings is 13. The van der Waals surface area contributed by atoms with E-state index in [-0.39, 0.29) is 0 Å². The van der Waals surface area contributed by atoms with Crippen molar-refractivity contribution in [1.82, 2.24) is 0 Å². The van der Waals surface area contributed by atoms with Crippen LogP contribution in [0.3, 0.4) is 0 Å². The molecule has 0 radical (unpaired) electrons. The summed E-state index contributed by atoms with van der Waals surface area (Å²) in [5, 5.41) is 18.4.